The molecule has 0 atom stereocenters. The third-order valence-electron chi connectivity index (χ3n) is 7.54. The second-order valence-corrected chi connectivity index (χ2v) is 9.98. The zero-order chi connectivity index (χ0) is 27.2. The first kappa shape index (κ1) is 23.2. The van der Waals surface area contributed by atoms with Gasteiger partial charge in [0.2, 0.25) is 5.78 Å². The largest absolute Gasteiger partial charge is 0.306 e. The lowest BCUT2D eigenvalue weighted by molar-refractivity contribution is 1.07. The molecule has 0 saturated carbocycles. The smallest absolute Gasteiger partial charge is 0.236 e. The van der Waals surface area contributed by atoms with Gasteiger partial charge in [0.05, 0.1) is 34.1 Å². The van der Waals surface area contributed by atoms with Crippen LogP contribution in [0.2, 0.25) is 0 Å². The number of nitrogens with zero attached hydrogens (tertiary/aromatic N) is 5. The molecule has 0 amide bonds. The third-order valence-corrected chi connectivity index (χ3v) is 7.54. The number of hydrogen-bond donors (Lipinski definition) is 0. The molecule has 0 fully saturated rings. The van der Waals surface area contributed by atoms with Crippen molar-refractivity contribution in [1.82, 2.24) is 14.4 Å². The number of para-hydroxylation sites is 5. The lowest BCUT2D eigenvalue weighted by Gasteiger charge is -2.39. The molecule has 0 spiro atoms. The maximum absolute atomic E-state index is 5.19. The lowest BCUT2D eigenvalue weighted by atomic mass is 10.1. The van der Waals surface area contributed by atoms with Gasteiger partial charge in [0.25, 0.3) is 0 Å². The number of rotatable bonds is 4. The van der Waals surface area contributed by atoms with E-state index in [0.29, 0.717) is 5.78 Å². The van der Waals surface area contributed by atoms with E-state index in [1.165, 1.54) is 0 Å². The Hall–Kier alpha value is -5.68. The van der Waals surface area contributed by atoms with Crippen molar-refractivity contribution in [3.8, 4) is 22.5 Å². The molecule has 0 aliphatic carbocycles. The Kier molecular flexibility index (Phi) is 5.38. The summed E-state index contributed by atoms with van der Waals surface area (Å²) >= 11 is 0. The van der Waals surface area contributed by atoms with Gasteiger partial charge in [-0.15, -0.1) is 0 Å². The predicted octanol–water partition coefficient (Wildman–Crippen LogP) is 9.32. The summed E-state index contributed by atoms with van der Waals surface area (Å²) in [4.78, 5) is 14.8. The fraction of sp³-hybridized carbons (Fsp3) is 0. The van der Waals surface area contributed by atoms with Gasteiger partial charge in [-0.1, -0.05) is 103 Å². The Morgan fingerprint density at radius 2 is 0.902 bits per heavy atom. The van der Waals surface area contributed by atoms with Gasteiger partial charge in [0, 0.05) is 23.0 Å². The SMILES string of the molecule is c1ccc(-c2nc3nc(N4c5ccccc5N(c5ccccc5)c5ccccc54)ccn3c2-c2ccccc2)cc1. The van der Waals surface area contributed by atoms with E-state index in [0.717, 1.165) is 56.8 Å². The first-order valence-electron chi connectivity index (χ1n) is 13.7. The first-order chi connectivity index (χ1) is 20.4. The van der Waals surface area contributed by atoms with Crippen molar-refractivity contribution in [2.24, 2.45) is 0 Å². The van der Waals surface area contributed by atoms with Crippen LogP contribution in [-0.2, 0) is 0 Å². The Labute approximate surface area is 238 Å². The van der Waals surface area contributed by atoms with E-state index in [1.54, 1.807) is 0 Å². The van der Waals surface area contributed by atoms with E-state index in [9.17, 15) is 0 Å². The van der Waals surface area contributed by atoms with Crippen molar-refractivity contribution in [3.05, 3.63) is 152 Å². The molecular weight excluding hydrogens is 502 g/mol. The Morgan fingerprint density at radius 1 is 0.415 bits per heavy atom. The fourth-order valence-corrected chi connectivity index (χ4v) is 5.76. The maximum atomic E-state index is 5.19. The summed E-state index contributed by atoms with van der Waals surface area (Å²) in [7, 11) is 0. The minimum Gasteiger partial charge on any atom is -0.306 e. The van der Waals surface area contributed by atoms with Crippen LogP contribution in [0.15, 0.2) is 152 Å². The minimum atomic E-state index is 0.653. The number of anilines is 6. The van der Waals surface area contributed by atoms with Gasteiger partial charge in [-0.25, -0.2) is 4.98 Å². The van der Waals surface area contributed by atoms with Crippen LogP contribution in [0.1, 0.15) is 0 Å². The van der Waals surface area contributed by atoms with Crippen LogP contribution in [0.5, 0.6) is 0 Å². The molecule has 0 radical (unpaired) electrons. The summed E-state index contributed by atoms with van der Waals surface area (Å²) in [5, 5.41) is 0. The van der Waals surface area contributed by atoms with E-state index in [1.807, 2.05) is 24.3 Å². The second-order valence-electron chi connectivity index (χ2n) is 9.98. The third kappa shape index (κ3) is 3.79. The predicted molar refractivity (Wildman–Crippen MR) is 167 cm³/mol. The van der Waals surface area contributed by atoms with E-state index >= 15 is 0 Å². The van der Waals surface area contributed by atoms with Gasteiger partial charge in [0.15, 0.2) is 0 Å². The summed E-state index contributed by atoms with van der Waals surface area (Å²) in [6.07, 6.45) is 2.09. The van der Waals surface area contributed by atoms with Crippen molar-refractivity contribution < 1.29 is 0 Å². The first-order valence-corrected chi connectivity index (χ1v) is 13.7. The second kappa shape index (κ2) is 9.50. The highest BCUT2D eigenvalue weighted by Gasteiger charge is 2.31. The zero-order valence-electron chi connectivity index (χ0n) is 22.2. The zero-order valence-corrected chi connectivity index (χ0v) is 22.2. The maximum Gasteiger partial charge on any atom is 0.236 e. The van der Waals surface area contributed by atoms with Gasteiger partial charge in [-0.3, -0.25) is 9.30 Å². The number of fused-ring (bicyclic) bond motifs is 3. The Morgan fingerprint density at radius 3 is 1.49 bits per heavy atom. The normalized spacial score (nSPS) is 12.3. The Bertz CT molecular complexity index is 1950. The molecule has 1 aliphatic heterocycles. The van der Waals surface area contributed by atoms with Crippen LogP contribution in [0.25, 0.3) is 28.3 Å². The highest BCUT2D eigenvalue weighted by molar-refractivity contribution is 6.01. The van der Waals surface area contributed by atoms with Crippen LogP contribution in [-0.4, -0.2) is 14.4 Å². The molecule has 5 heteroatoms. The van der Waals surface area contributed by atoms with Gasteiger partial charge < -0.3 is 4.90 Å². The van der Waals surface area contributed by atoms with Crippen molar-refractivity contribution in [2.75, 3.05) is 9.80 Å². The average Bonchev–Trinajstić information content (AvgIpc) is 3.44. The van der Waals surface area contributed by atoms with Crippen molar-refractivity contribution in [2.45, 2.75) is 0 Å². The number of imidazole rings is 1. The molecule has 7 aromatic rings. The molecule has 1 aliphatic rings. The number of aromatic nitrogens is 3. The monoisotopic (exact) mass is 527 g/mol. The molecule has 5 nitrogen and oxygen atoms in total. The molecule has 8 rings (SSSR count). The van der Waals surface area contributed by atoms with E-state index in [4.69, 9.17) is 9.97 Å². The fourth-order valence-electron chi connectivity index (χ4n) is 5.76. The Balaban J connectivity index is 1.34. The minimum absolute atomic E-state index is 0.653. The average molecular weight is 528 g/mol. The van der Waals surface area contributed by atoms with Gasteiger partial charge in [0.1, 0.15) is 5.82 Å². The topological polar surface area (TPSA) is 36.7 Å². The molecule has 41 heavy (non-hydrogen) atoms. The lowest BCUT2D eigenvalue weighted by Crippen LogP contribution is -2.24. The van der Waals surface area contributed by atoms with Crippen LogP contribution in [0.3, 0.4) is 0 Å². The number of hydrogen-bond acceptors (Lipinski definition) is 4. The van der Waals surface area contributed by atoms with E-state index < -0.39 is 0 Å². The van der Waals surface area contributed by atoms with Crippen molar-refractivity contribution in [3.63, 3.8) is 0 Å². The van der Waals surface area contributed by atoms with E-state index in [-0.39, 0.29) is 0 Å². The standard InChI is InChI=1S/C36H25N5/c1-4-14-26(15-5-1)34-35(27-16-6-2-7-17-27)39-25-24-33(37-36(39)38-34)41-31-22-12-10-20-29(31)40(28-18-8-3-9-19-28)30-21-11-13-23-32(30)41/h1-25H. The van der Waals surface area contributed by atoms with Crippen molar-refractivity contribution >= 4 is 40.0 Å². The summed E-state index contributed by atoms with van der Waals surface area (Å²) in [6.45, 7) is 0. The van der Waals surface area contributed by atoms with Gasteiger partial charge in [-0.2, -0.15) is 4.98 Å². The molecule has 0 saturated heterocycles. The van der Waals surface area contributed by atoms with E-state index in [2.05, 4.69) is 142 Å². The number of benzene rings is 5. The molecule has 194 valence electrons. The summed E-state index contributed by atoms with van der Waals surface area (Å²) in [5.74, 6) is 1.47. The summed E-state index contributed by atoms with van der Waals surface area (Å²) < 4.78 is 2.10. The molecule has 3 heterocycles. The molecule has 5 aromatic carbocycles. The van der Waals surface area contributed by atoms with Crippen LogP contribution >= 0.6 is 0 Å². The summed E-state index contributed by atoms with van der Waals surface area (Å²) in [6, 6.07) is 50.3. The highest BCUT2D eigenvalue weighted by atomic mass is 15.3. The molecule has 0 N–H and O–H groups in total. The van der Waals surface area contributed by atoms with Crippen LogP contribution in [0, 0.1) is 0 Å². The highest BCUT2D eigenvalue weighted by Crippen LogP contribution is 2.53. The quantitative estimate of drug-likeness (QED) is 0.228. The molecule has 0 bridgehead atoms. The van der Waals surface area contributed by atoms with Crippen molar-refractivity contribution in [1.29, 1.82) is 0 Å². The molecule has 2 aromatic heterocycles. The summed E-state index contributed by atoms with van der Waals surface area (Å²) in [5.41, 5.74) is 9.52. The van der Waals surface area contributed by atoms with Crippen LogP contribution in [0.4, 0.5) is 34.3 Å². The molecule has 0 unspecified atom stereocenters. The van der Waals surface area contributed by atoms with Crippen LogP contribution < -0.4 is 9.80 Å². The van der Waals surface area contributed by atoms with Gasteiger partial charge in [-0.05, 0) is 42.5 Å². The molecular formula is C36H25N5. The van der Waals surface area contributed by atoms with Gasteiger partial charge >= 0.3 is 0 Å².